The van der Waals surface area contributed by atoms with Gasteiger partial charge >= 0.3 is 17.9 Å². The van der Waals surface area contributed by atoms with Crippen LogP contribution in [0.15, 0.2) is 12.2 Å². The van der Waals surface area contributed by atoms with Gasteiger partial charge in [-0.15, -0.1) is 0 Å². The van der Waals surface area contributed by atoms with Gasteiger partial charge in [0.1, 0.15) is 17.8 Å². The van der Waals surface area contributed by atoms with E-state index in [2.05, 4.69) is 6.58 Å². The second kappa shape index (κ2) is 6.81. The van der Waals surface area contributed by atoms with Crippen LogP contribution in [0.1, 0.15) is 58.8 Å². The first-order chi connectivity index (χ1) is 11.8. The minimum absolute atomic E-state index is 0.263. The molecule has 3 rings (SSSR count). The van der Waals surface area contributed by atoms with E-state index in [-0.39, 0.29) is 18.0 Å². The Hall–Kier alpha value is -1.85. The van der Waals surface area contributed by atoms with E-state index in [0.29, 0.717) is 6.42 Å². The zero-order chi connectivity index (χ0) is 18.2. The van der Waals surface area contributed by atoms with Gasteiger partial charge < -0.3 is 14.2 Å². The summed E-state index contributed by atoms with van der Waals surface area (Å²) in [6.45, 7) is 7.15. The molecule has 3 fully saturated rings. The van der Waals surface area contributed by atoms with Crippen LogP contribution in [0.4, 0.5) is 0 Å². The molecule has 138 valence electrons. The summed E-state index contributed by atoms with van der Waals surface area (Å²) >= 11 is 0. The number of fused-ring (bicyclic) bond motifs is 2. The molecule has 0 spiro atoms. The Morgan fingerprint density at radius 1 is 1.28 bits per heavy atom. The molecule has 4 unspecified atom stereocenters. The summed E-state index contributed by atoms with van der Waals surface area (Å²) in [5.74, 6) is -2.38. The summed E-state index contributed by atoms with van der Waals surface area (Å²) in [5, 5.41) is 0. The van der Waals surface area contributed by atoms with E-state index in [9.17, 15) is 14.4 Å². The lowest BCUT2D eigenvalue weighted by Gasteiger charge is -2.34. The molecule has 0 N–H and O–H groups in total. The topological polar surface area (TPSA) is 78.9 Å². The molecule has 6 nitrogen and oxygen atoms in total. The molecule has 2 saturated carbocycles. The number of hydrogen-bond acceptors (Lipinski definition) is 6. The van der Waals surface area contributed by atoms with Crippen LogP contribution in [0.25, 0.3) is 0 Å². The van der Waals surface area contributed by atoms with E-state index in [1.807, 2.05) is 6.92 Å². The van der Waals surface area contributed by atoms with E-state index in [1.54, 1.807) is 6.92 Å². The Kier molecular flexibility index (Phi) is 4.89. The summed E-state index contributed by atoms with van der Waals surface area (Å²) in [5.41, 5.74) is -0.123. The van der Waals surface area contributed by atoms with Crippen molar-refractivity contribution >= 4 is 17.9 Å². The fourth-order valence-corrected chi connectivity index (χ4v) is 4.21. The predicted molar refractivity (Wildman–Crippen MR) is 88.4 cm³/mol. The molecular formula is C19H26O6. The summed E-state index contributed by atoms with van der Waals surface area (Å²) in [6.07, 6.45) is 4.18. The highest BCUT2D eigenvalue weighted by Gasteiger charge is 2.54. The second-order valence-corrected chi connectivity index (χ2v) is 7.55. The zero-order valence-electron chi connectivity index (χ0n) is 14.9. The molecule has 0 aromatic rings. The summed E-state index contributed by atoms with van der Waals surface area (Å²) in [7, 11) is 0. The minimum atomic E-state index is -0.620. The van der Waals surface area contributed by atoms with Crippen molar-refractivity contribution in [2.24, 2.45) is 11.8 Å². The predicted octanol–water partition coefficient (Wildman–Crippen LogP) is 2.69. The molecule has 1 aliphatic heterocycles. The smallest absolute Gasteiger partial charge is 0.333 e. The van der Waals surface area contributed by atoms with Crippen LogP contribution in [-0.2, 0) is 28.6 Å². The Labute approximate surface area is 147 Å². The quantitative estimate of drug-likeness (QED) is 0.431. The van der Waals surface area contributed by atoms with Gasteiger partial charge in [0.15, 0.2) is 0 Å². The number of carbonyl (C=O) groups is 3. The van der Waals surface area contributed by atoms with Gasteiger partial charge in [-0.25, -0.2) is 4.79 Å². The Morgan fingerprint density at radius 3 is 2.56 bits per heavy atom. The highest BCUT2D eigenvalue weighted by molar-refractivity contribution is 5.88. The van der Waals surface area contributed by atoms with Crippen LogP contribution in [-0.4, -0.2) is 35.7 Å². The average molecular weight is 350 g/mol. The van der Waals surface area contributed by atoms with Gasteiger partial charge in [-0.1, -0.05) is 13.5 Å². The maximum Gasteiger partial charge on any atom is 0.333 e. The van der Waals surface area contributed by atoms with Crippen molar-refractivity contribution in [1.82, 2.24) is 0 Å². The second-order valence-electron chi connectivity index (χ2n) is 7.55. The molecular weight excluding hydrogens is 324 g/mol. The van der Waals surface area contributed by atoms with E-state index in [1.165, 1.54) is 0 Å². The number of esters is 3. The normalized spacial score (nSPS) is 32.8. The largest absolute Gasteiger partial charge is 0.459 e. The maximum atomic E-state index is 12.8. The molecule has 0 aromatic carbocycles. The lowest BCUT2D eigenvalue weighted by atomic mass is 9.78. The molecule has 1 heterocycles. The molecule has 25 heavy (non-hydrogen) atoms. The number of hydrogen-bond donors (Lipinski definition) is 0. The monoisotopic (exact) mass is 350 g/mol. The molecule has 2 aliphatic carbocycles. The van der Waals surface area contributed by atoms with Crippen molar-refractivity contribution in [2.75, 3.05) is 0 Å². The molecule has 2 bridgehead atoms. The first-order valence-corrected chi connectivity index (χ1v) is 9.15. The van der Waals surface area contributed by atoms with Gasteiger partial charge in [-0.2, -0.15) is 0 Å². The standard InChI is InChI=1S/C19H26O6/c1-4-19(7-5-6-8-19)25-18(22)13-10-14(23-16(20)11(2)3)15-9-12(13)17(21)24-15/h12-15H,2,4-10H2,1,3H3. The molecule has 0 radical (unpaired) electrons. The maximum absolute atomic E-state index is 12.8. The zero-order valence-corrected chi connectivity index (χ0v) is 14.9. The number of ether oxygens (including phenoxy) is 3. The van der Waals surface area contributed by atoms with Crippen LogP contribution >= 0.6 is 0 Å². The van der Waals surface area contributed by atoms with E-state index in [4.69, 9.17) is 14.2 Å². The van der Waals surface area contributed by atoms with Crippen molar-refractivity contribution in [2.45, 2.75) is 76.6 Å². The highest BCUT2D eigenvalue weighted by Crippen LogP contribution is 2.43. The van der Waals surface area contributed by atoms with Gasteiger partial charge in [0.25, 0.3) is 0 Å². The number of rotatable bonds is 5. The first kappa shape index (κ1) is 18.0. The molecule has 0 aromatic heterocycles. The van der Waals surface area contributed by atoms with Crippen molar-refractivity contribution in [3.8, 4) is 0 Å². The van der Waals surface area contributed by atoms with Crippen molar-refractivity contribution in [1.29, 1.82) is 0 Å². The third-order valence-electron chi connectivity index (χ3n) is 5.83. The van der Waals surface area contributed by atoms with Gasteiger partial charge in [0.2, 0.25) is 0 Å². The molecule has 1 saturated heterocycles. The van der Waals surface area contributed by atoms with Crippen molar-refractivity contribution < 1.29 is 28.6 Å². The summed E-state index contributed by atoms with van der Waals surface area (Å²) in [4.78, 5) is 36.8. The summed E-state index contributed by atoms with van der Waals surface area (Å²) < 4.78 is 16.6. The van der Waals surface area contributed by atoms with Gasteiger partial charge in [0.05, 0.1) is 11.8 Å². The van der Waals surface area contributed by atoms with Crippen LogP contribution in [0.5, 0.6) is 0 Å². The van der Waals surface area contributed by atoms with E-state index in [0.717, 1.165) is 32.1 Å². The van der Waals surface area contributed by atoms with Crippen LogP contribution in [0.2, 0.25) is 0 Å². The van der Waals surface area contributed by atoms with E-state index < -0.39 is 41.6 Å². The minimum Gasteiger partial charge on any atom is -0.459 e. The average Bonchev–Trinajstić information content (AvgIpc) is 3.16. The molecule has 4 atom stereocenters. The van der Waals surface area contributed by atoms with Crippen molar-refractivity contribution in [3.63, 3.8) is 0 Å². The fraction of sp³-hybridized carbons (Fsp3) is 0.737. The molecule has 3 aliphatic rings. The third kappa shape index (κ3) is 3.44. The SMILES string of the molecule is C=C(C)C(=O)OC1CC(C(=O)OC2(CC)CCCC2)C2CC1OC2=O. The van der Waals surface area contributed by atoms with Gasteiger partial charge in [0, 0.05) is 18.4 Å². The van der Waals surface area contributed by atoms with Gasteiger partial charge in [-0.3, -0.25) is 9.59 Å². The van der Waals surface area contributed by atoms with Crippen LogP contribution in [0, 0.1) is 11.8 Å². The molecule has 0 amide bonds. The lowest BCUT2D eigenvalue weighted by molar-refractivity contribution is -0.172. The summed E-state index contributed by atoms with van der Waals surface area (Å²) in [6, 6.07) is 0. The van der Waals surface area contributed by atoms with Crippen molar-refractivity contribution in [3.05, 3.63) is 12.2 Å². The fourth-order valence-electron chi connectivity index (χ4n) is 4.21. The first-order valence-electron chi connectivity index (χ1n) is 9.15. The molecule has 6 heteroatoms. The third-order valence-corrected chi connectivity index (χ3v) is 5.83. The Bertz CT molecular complexity index is 589. The Morgan fingerprint density at radius 2 is 1.96 bits per heavy atom. The van der Waals surface area contributed by atoms with Crippen LogP contribution < -0.4 is 0 Å². The lowest BCUT2D eigenvalue weighted by Crippen LogP contribution is -2.43. The van der Waals surface area contributed by atoms with Gasteiger partial charge in [-0.05, 0) is 39.0 Å². The van der Waals surface area contributed by atoms with E-state index >= 15 is 0 Å². The Balaban J connectivity index is 1.73. The van der Waals surface area contributed by atoms with Crippen LogP contribution in [0.3, 0.4) is 0 Å². The highest BCUT2D eigenvalue weighted by atomic mass is 16.6. The number of carbonyl (C=O) groups excluding carboxylic acids is 3.